The normalized spacial score (nSPS) is 18.8. The van der Waals surface area contributed by atoms with E-state index in [1.165, 1.54) is 26.4 Å². The van der Waals surface area contributed by atoms with Crippen molar-refractivity contribution in [3.8, 4) is 34.4 Å². The maximum Gasteiger partial charge on any atom is 0.343 e. The number of cyclic esters (lactones) is 1. The van der Waals surface area contributed by atoms with Crippen LogP contribution in [0.1, 0.15) is 44.9 Å². The van der Waals surface area contributed by atoms with Crippen LogP contribution in [0, 0.1) is 5.82 Å². The first-order valence-electron chi connectivity index (χ1n) is 13.4. The van der Waals surface area contributed by atoms with Crippen molar-refractivity contribution in [2.24, 2.45) is 0 Å². The molecule has 0 amide bonds. The van der Waals surface area contributed by atoms with Crippen molar-refractivity contribution in [1.82, 2.24) is 19.9 Å². The summed E-state index contributed by atoms with van der Waals surface area (Å²) >= 11 is 0. The molecule has 12 heteroatoms. The van der Waals surface area contributed by atoms with Gasteiger partial charge in [0.15, 0.2) is 23.0 Å². The number of rotatable bonds is 7. The molecule has 11 nitrogen and oxygen atoms in total. The van der Waals surface area contributed by atoms with Gasteiger partial charge in [-0.2, -0.15) is 0 Å². The number of hydrogen-bond donors (Lipinski definition) is 0. The Morgan fingerprint density at radius 2 is 1.83 bits per heavy atom. The molecule has 3 aliphatic heterocycles. The summed E-state index contributed by atoms with van der Waals surface area (Å²) in [6.45, 7) is 1.10. The minimum Gasteiger partial charge on any atom is -0.493 e. The lowest BCUT2D eigenvalue weighted by Gasteiger charge is -2.40. The molecule has 42 heavy (non-hydrogen) atoms. The smallest absolute Gasteiger partial charge is 0.343 e. The van der Waals surface area contributed by atoms with Crippen molar-refractivity contribution in [2.45, 2.75) is 25.1 Å². The SMILES string of the molecule is COc1ccc2c(c1OC)C(=O)O[C@@H]2[C@H]1c2c(cc3c(c2OC)OCO3)CCN1Cc1cn(-c2ccc(F)cc2)nn1. The molecule has 216 valence electrons. The van der Waals surface area contributed by atoms with E-state index in [9.17, 15) is 9.18 Å². The molecule has 4 heterocycles. The highest BCUT2D eigenvalue weighted by Crippen LogP contribution is 2.55. The van der Waals surface area contributed by atoms with Gasteiger partial charge in [0.25, 0.3) is 0 Å². The van der Waals surface area contributed by atoms with Crippen LogP contribution in [-0.4, -0.2) is 60.5 Å². The lowest BCUT2D eigenvalue weighted by molar-refractivity contribution is 0.000234. The maximum absolute atomic E-state index is 13.5. The highest BCUT2D eigenvalue weighted by Gasteiger charge is 2.47. The second-order valence-electron chi connectivity index (χ2n) is 10.1. The molecule has 0 bridgehead atoms. The molecule has 3 aliphatic rings. The first-order chi connectivity index (χ1) is 20.5. The lowest BCUT2D eigenvalue weighted by atomic mass is 9.85. The molecule has 2 atom stereocenters. The highest BCUT2D eigenvalue weighted by molar-refractivity contribution is 5.98. The summed E-state index contributed by atoms with van der Waals surface area (Å²) in [4.78, 5) is 15.6. The van der Waals surface area contributed by atoms with E-state index in [1.54, 1.807) is 36.2 Å². The van der Waals surface area contributed by atoms with Gasteiger partial charge >= 0.3 is 5.97 Å². The first kappa shape index (κ1) is 26.1. The van der Waals surface area contributed by atoms with Crippen molar-refractivity contribution >= 4 is 5.97 Å². The van der Waals surface area contributed by atoms with Gasteiger partial charge in [-0.1, -0.05) is 11.3 Å². The van der Waals surface area contributed by atoms with Crippen LogP contribution in [-0.2, 0) is 17.7 Å². The van der Waals surface area contributed by atoms with Crippen molar-refractivity contribution in [3.05, 3.63) is 82.4 Å². The van der Waals surface area contributed by atoms with Crippen molar-refractivity contribution in [1.29, 1.82) is 0 Å². The van der Waals surface area contributed by atoms with Crippen LogP contribution in [0.3, 0.4) is 0 Å². The second-order valence-corrected chi connectivity index (χ2v) is 10.1. The molecule has 0 unspecified atom stereocenters. The fourth-order valence-corrected chi connectivity index (χ4v) is 6.08. The van der Waals surface area contributed by atoms with E-state index in [1.807, 2.05) is 12.1 Å². The number of carbonyl (C=O) groups is 1. The second kappa shape index (κ2) is 10.2. The molecule has 0 N–H and O–H groups in total. The molecule has 3 aromatic carbocycles. The highest BCUT2D eigenvalue weighted by atomic mass is 19.1. The van der Waals surface area contributed by atoms with E-state index in [2.05, 4.69) is 15.2 Å². The van der Waals surface area contributed by atoms with Crippen LogP contribution in [0.5, 0.6) is 28.7 Å². The van der Waals surface area contributed by atoms with Crippen LogP contribution in [0.25, 0.3) is 5.69 Å². The summed E-state index contributed by atoms with van der Waals surface area (Å²) in [7, 11) is 4.60. The monoisotopic (exact) mass is 574 g/mol. The van der Waals surface area contributed by atoms with Crippen LogP contribution in [0.4, 0.5) is 4.39 Å². The van der Waals surface area contributed by atoms with E-state index >= 15 is 0 Å². The minimum absolute atomic E-state index is 0.0910. The molecule has 7 rings (SSSR count). The maximum atomic E-state index is 13.5. The van der Waals surface area contributed by atoms with E-state index in [-0.39, 0.29) is 12.6 Å². The molecule has 0 saturated heterocycles. The average Bonchev–Trinajstić information content (AvgIpc) is 3.75. The number of halogens is 1. The third kappa shape index (κ3) is 4.09. The van der Waals surface area contributed by atoms with Gasteiger partial charge in [0.05, 0.1) is 44.9 Å². The van der Waals surface area contributed by atoms with E-state index in [4.69, 9.17) is 28.4 Å². The number of ether oxygens (including phenoxy) is 6. The number of fused-ring (bicyclic) bond motifs is 3. The molecular weight excluding hydrogens is 547 g/mol. The van der Waals surface area contributed by atoms with Crippen molar-refractivity contribution in [3.63, 3.8) is 0 Å². The molecule has 0 radical (unpaired) electrons. The number of esters is 1. The number of hydrogen-bond acceptors (Lipinski definition) is 10. The Labute approximate surface area is 240 Å². The Bertz CT molecular complexity index is 1690. The summed E-state index contributed by atoms with van der Waals surface area (Å²) in [6.07, 6.45) is 1.79. The number of aromatic nitrogens is 3. The summed E-state index contributed by atoms with van der Waals surface area (Å²) in [5.74, 6) is 1.61. The van der Waals surface area contributed by atoms with Gasteiger partial charge in [-0.25, -0.2) is 13.9 Å². The summed E-state index contributed by atoms with van der Waals surface area (Å²) in [6, 6.07) is 11.1. The number of benzene rings is 3. The molecular formula is C30H27FN4O7. The van der Waals surface area contributed by atoms with Crippen molar-refractivity contribution in [2.75, 3.05) is 34.7 Å². The van der Waals surface area contributed by atoms with Gasteiger partial charge in [-0.3, -0.25) is 4.90 Å². The van der Waals surface area contributed by atoms with E-state index in [0.717, 1.165) is 11.1 Å². The summed E-state index contributed by atoms with van der Waals surface area (Å²) in [5, 5.41) is 8.65. The fourth-order valence-electron chi connectivity index (χ4n) is 6.08. The van der Waals surface area contributed by atoms with Gasteiger partial charge < -0.3 is 28.4 Å². The number of methoxy groups -OCH3 is 3. The number of nitrogens with zero attached hydrogens (tertiary/aromatic N) is 4. The zero-order chi connectivity index (χ0) is 29.0. The molecule has 0 aliphatic carbocycles. The van der Waals surface area contributed by atoms with E-state index < -0.39 is 18.1 Å². The summed E-state index contributed by atoms with van der Waals surface area (Å²) in [5.41, 5.74) is 4.23. The van der Waals surface area contributed by atoms with Gasteiger partial charge in [0.1, 0.15) is 17.5 Å². The van der Waals surface area contributed by atoms with Gasteiger partial charge in [-0.05, 0) is 48.4 Å². The quantitative estimate of drug-likeness (QED) is 0.299. The predicted molar refractivity (Wildman–Crippen MR) is 145 cm³/mol. The van der Waals surface area contributed by atoms with Gasteiger partial charge in [0.2, 0.25) is 12.5 Å². The molecule has 1 aromatic heterocycles. The first-order valence-corrected chi connectivity index (χ1v) is 13.4. The van der Waals surface area contributed by atoms with Crippen LogP contribution in [0.2, 0.25) is 0 Å². The predicted octanol–water partition coefficient (Wildman–Crippen LogP) is 4.17. The van der Waals surface area contributed by atoms with Gasteiger partial charge in [-0.15, -0.1) is 5.10 Å². The molecule has 0 saturated carbocycles. The van der Waals surface area contributed by atoms with Crippen LogP contribution >= 0.6 is 0 Å². The minimum atomic E-state index is -0.701. The Kier molecular flexibility index (Phi) is 6.34. The summed E-state index contributed by atoms with van der Waals surface area (Å²) < 4.78 is 49.7. The standard InChI is InChI=1S/C30H27FN4O7/c1-37-21-9-8-20-24(27(21)38-2)30(36)42-26(20)25-23-16(12-22-28(29(23)39-3)41-15-40-22)10-11-34(25)13-18-14-35(33-32-18)19-6-4-17(31)5-7-19/h4-9,12,14,25-26H,10-11,13,15H2,1-3H3/t25-,26+/m1/s1. The molecule has 0 spiro atoms. The fraction of sp³-hybridized carbons (Fsp3) is 0.300. The largest absolute Gasteiger partial charge is 0.493 e. The zero-order valence-electron chi connectivity index (χ0n) is 23.1. The zero-order valence-corrected chi connectivity index (χ0v) is 23.1. The van der Waals surface area contributed by atoms with E-state index in [0.29, 0.717) is 70.8 Å². The Morgan fingerprint density at radius 1 is 1.02 bits per heavy atom. The average molecular weight is 575 g/mol. The Morgan fingerprint density at radius 3 is 2.60 bits per heavy atom. The Hall–Kier alpha value is -4.84. The van der Waals surface area contributed by atoms with Crippen molar-refractivity contribution < 1.29 is 37.6 Å². The van der Waals surface area contributed by atoms with Gasteiger partial charge in [0, 0.05) is 24.2 Å². The Balaban J connectivity index is 1.33. The lowest BCUT2D eigenvalue weighted by Crippen LogP contribution is -2.38. The van der Waals surface area contributed by atoms with Crippen LogP contribution in [0.15, 0.2) is 48.7 Å². The number of carbonyl (C=O) groups excluding carboxylic acids is 1. The third-order valence-corrected chi connectivity index (χ3v) is 7.91. The van der Waals surface area contributed by atoms with Crippen LogP contribution < -0.4 is 23.7 Å². The topological polar surface area (TPSA) is 106 Å². The molecule has 4 aromatic rings. The molecule has 0 fully saturated rings. The third-order valence-electron chi connectivity index (χ3n) is 7.91.